The summed E-state index contributed by atoms with van der Waals surface area (Å²) in [5.41, 5.74) is 1.16. The minimum absolute atomic E-state index is 0.163. The first-order chi connectivity index (χ1) is 13.7. The number of rotatable bonds is 6. The Labute approximate surface area is 167 Å². The zero-order chi connectivity index (χ0) is 21.3. The third-order valence-corrected chi connectivity index (χ3v) is 5.56. The Bertz CT molecular complexity index is 896. The largest absolute Gasteiger partial charge is 0.480 e. The van der Waals surface area contributed by atoms with Crippen LogP contribution in [-0.2, 0) is 20.9 Å². The standard InChI is InChI=1S/C20H23N3O6/c1-3-10(2)16(20(28)29)22-17(25)11-4-5-12-9-23(19(27)13(12)8-11)14-6-7-15(24)21-18(14)26/h4-5,8,10,14,16H,3,6-7,9H2,1-2H3,(H,22,25)(H,28,29)(H,21,24,26)/t10-,14?,16-/m0/s1. The van der Waals surface area contributed by atoms with Gasteiger partial charge in [-0.25, -0.2) is 4.79 Å². The van der Waals surface area contributed by atoms with Gasteiger partial charge in [0.1, 0.15) is 12.1 Å². The van der Waals surface area contributed by atoms with Crippen molar-refractivity contribution in [2.24, 2.45) is 5.92 Å². The second-order valence-corrected chi connectivity index (χ2v) is 7.45. The molecule has 0 aromatic heterocycles. The van der Waals surface area contributed by atoms with Crippen LogP contribution in [0.25, 0.3) is 0 Å². The van der Waals surface area contributed by atoms with E-state index in [1.165, 1.54) is 17.0 Å². The number of carbonyl (C=O) groups excluding carboxylic acids is 4. The van der Waals surface area contributed by atoms with Crippen molar-refractivity contribution in [2.45, 2.75) is 51.7 Å². The number of carboxylic acids is 1. The summed E-state index contributed by atoms with van der Waals surface area (Å²) < 4.78 is 0. The number of aliphatic carboxylic acids is 1. The van der Waals surface area contributed by atoms with E-state index in [9.17, 15) is 29.1 Å². The van der Waals surface area contributed by atoms with Gasteiger partial charge in [0, 0.05) is 24.1 Å². The first kappa shape index (κ1) is 20.5. The Morgan fingerprint density at radius 3 is 2.66 bits per heavy atom. The molecule has 3 atom stereocenters. The molecule has 2 aliphatic heterocycles. The molecule has 0 radical (unpaired) electrons. The molecule has 1 unspecified atom stereocenters. The third kappa shape index (κ3) is 3.98. The number of hydrogen-bond acceptors (Lipinski definition) is 5. The molecule has 9 nitrogen and oxygen atoms in total. The van der Waals surface area contributed by atoms with Crippen molar-refractivity contribution in [2.75, 3.05) is 0 Å². The van der Waals surface area contributed by atoms with Gasteiger partial charge in [-0.2, -0.15) is 0 Å². The Kier molecular flexibility index (Phi) is 5.67. The maximum atomic E-state index is 12.8. The zero-order valence-corrected chi connectivity index (χ0v) is 16.2. The average molecular weight is 401 g/mol. The highest BCUT2D eigenvalue weighted by Gasteiger charge is 2.39. The van der Waals surface area contributed by atoms with Crippen LogP contribution in [0.1, 0.15) is 59.4 Å². The molecular weight excluding hydrogens is 378 g/mol. The first-order valence-electron chi connectivity index (χ1n) is 9.54. The van der Waals surface area contributed by atoms with Gasteiger partial charge in [0.2, 0.25) is 11.8 Å². The normalized spacial score (nSPS) is 20.7. The number of imide groups is 1. The van der Waals surface area contributed by atoms with Crippen molar-refractivity contribution >= 4 is 29.6 Å². The molecule has 2 heterocycles. The molecule has 0 bridgehead atoms. The smallest absolute Gasteiger partial charge is 0.326 e. The summed E-state index contributed by atoms with van der Waals surface area (Å²) in [4.78, 5) is 61.6. The van der Waals surface area contributed by atoms with Crippen molar-refractivity contribution in [3.63, 3.8) is 0 Å². The van der Waals surface area contributed by atoms with Gasteiger partial charge in [0.05, 0.1) is 0 Å². The Hall–Kier alpha value is -3.23. The topological polar surface area (TPSA) is 133 Å². The summed E-state index contributed by atoms with van der Waals surface area (Å²) in [5, 5.41) is 14.1. The number of benzene rings is 1. The Morgan fingerprint density at radius 2 is 2.03 bits per heavy atom. The van der Waals surface area contributed by atoms with Crippen molar-refractivity contribution in [1.82, 2.24) is 15.5 Å². The van der Waals surface area contributed by atoms with Crippen molar-refractivity contribution in [1.29, 1.82) is 0 Å². The summed E-state index contributed by atoms with van der Waals surface area (Å²) in [6.45, 7) is 3.79. The van der Waals surface area contributed by atoms with Crippen LogP contribution in [0.4, 0.5) is 0 Å². The molecule has 29 heavy (non-hydrogen) atoms. The van der Waals surface area contributed by atoms with Gasteiger partial charge in [0.25, 0.3) is 11.8 Å². The minimum Gasteiger partial charge on any atom is -0.480 e. The van der Waals surface area contributed by atoms with E-state index in [-0.39, 0.29) is 42.7 Å². The van der Waals surface area contributed by atoms with E-state index in [2.05, 4.69) is 10.6 Å². The zero-order valence-electron chi connectivity index (χ0n) is 16.2. The van der Waals surface area contributed by atoms with E-state index >= 15 is 0 Å². The van der Waals surface area contributed by atoms with E-state index in [0.29, 0.717) is 17.5 Å². The molecule has 3 N–H and O–H groups in total. The maximum Gasteiger partial charge on any atom is 0.326 e. The molecular formula is C20H23N3O6. The SMILES string of the molecule is CC[C@H](C)[C@H](NC(=O)c1ccc2c(c1)C(=O)N(C1CCC(=O)NC1=O)C2)C(=O)O. The van der Waals surface area contributed by atoms with Crippen molar-refractivity contribution in [3.05, 3.63) is 34.9 Å². The van der Waals surface area contributed by atoms with Crippen LogP contribution in [0.2, 0.25) is 0 Å². The molecule has 1 aromatic carbocycles. The molecule has 9 heteroatoms. The highest BCUT2D eigenvalue weighted by Crippen LogP contribution is 2.28. The molecule has 2 aliphatic rings. The van der Waals surface area contributed by atoms with Gasteiger partial charge in [-0.1, -0.05) is 26.3 Å². The van der Waals surface area contributed by atoms with Gasteiger partial charge >= 0.3 is 5.97 Å². The van der Waals surface area contributed by atoms with E-state index in [1.807, 2.05) is 6.92 Å². The quantitative estimate of drug-likeness (QED) is 0.600. The van der Waals surface area contributed by atoms with E-state index in [1.54, 1.807) is 13.0 Å². The van der Waals surface area contributed by atoms with E-state index in [4.69, 9.17) is 0 Å². The van der Waals surface area contributed by atoms with Crippen LogP contribution in [0.3, 0.4) is 0 Å². The maximum absolute atomic E-state index is 12.8. The van der Waals surface area contributed by atoms with Crippen LogP contribution in [0.5, 0.6) is 0 Å². The minimum atomic E-state index is -1.12. The summed E-state index contributed by atoms with van der Waals surface area (Å²) >= 11 is 0. The van der Waals surface area contributed by atoms with Crippen LogP contribution in [0.15, 0.2) is 18.2 Å². The van der Waals surface area contributed by atoms with Crippen LogP contribution in [-0.4, -0.2) is 51.7 Å². The molecule has 0 saturated carbocycles. The van der Waals surface area contributed by atoms with E-state index in [0.717, 1.165) is 0 Å². The lowest BCUT2D eigenvalue weighted by atomic mass is 9.98. The van der Waals surface area contributed by atoms with Crippen molar-refractivity contribution in [3.8, 4) is 0 Å². The Balaban J connectivity index is 1.78. The molecule has 3 rings (SSSR count). The first-order valence-corrected chi connectivity index (χ1v) is 9.54. The predicted molar refractivity (Wildman–Crippen MR) is 101 cm³/mol. The van der Waals surface area contributed by atoms with Crippen LogP contribution in [0, 0.1) is 5.92 Å². The number of piperidine rings is 1. The van der Waals surface area contributed by atoms with Gasteiger partial charge < -0.3 is 15.3 Å². The summed E-state index contributed by atoms with van der Waals surface area (Å²) in [6.07, 6.45) is 1.00. The molecule has 154 valence electrons. The number of nitrogens with zero attached hydrogens (tertiary/aromatic N) is 1. The molecule has 0 spiro atoms. The number of fused-ring (bicyclic) bond motifs is 1. The average Bonchev–Trinajstić information content (AvgIpc) is 3.01. The summed E-state index contributed by atoms with van der Waals surface area (Å²) in [6, 6.07) is 2.83. The number of amides is 4. The molecule has 1 aromatic rings. The monoisotopic (exact) mass is 401 g/mol. The number of carboxylic acid groups (broad SMARTS) is 1. The lowest BCUT2D eigenvalue weighted by molar-refractivity contribution is -0.140. The van der Waals surface area contributed by atoms with Gasteiger partial charge in [-0.05, 0) is 30.0 Å². The molecule has 0 aliphatic carbocycles. The van der Waals surface area contributed by atoms with Gasteiger partial charge in [-0.15, -0.1) is 0 Å². The third-order valence-electron chi connectivity index (χ3n) is 5.56. The molecule has 1 saturated heterocycles. The Morgan fingerprint density at radius 1 is 1.31 bits per heavy atom. The fourth-order valence-corrected chi connectivity index (χ4v) is 3.60. The second kappa shape index (κ2) is 8.02. The van der Waals surface area contributed by atoms with E-state index < -0.39 is 29.9 Å². The number of hydrogen-bond donors (Lipinski definition) is 3. The lowest BCUT2D eigenvalue weighted by Crippen LogP contribution is -2.52. The highest BCUT2D eigenvalue weighted by molar-refractivity contribution is 6.06. The molecule has 1 fully saturated rings. The fraction of sp³-hybridized carbons (Fsp3) is 0.450. The lowest BCUT2D eigenvalue weighted by Gasteiger charge is -2.29. The molecule has 4 amide bonds. The van der Waals surface area contributed by atoms with Crippen LogP contribution < -0.4 is 10.6 Å². The van der Waals surface area contributed by atoms with Crippen LogP contribution >= 0.6 is 0 Å². The fourth-order valence-electron chi connectivity index (χ4n) is 3.60. The van der Waals surface area contributed by atoms with Gasteiger partial charge in [0.15, 0.2) is 0 Å². The summed E-state index contributed by atoms with van der Waals surface area (Å²) in [7, 11) is 0. The highest BCUT2D eigenvalue weighted by atomic mass is 16.4. The predicted octanol–water partition coefficient (Wildman–Crippen LogP) is 0.677. The second-order valence-electron chi connectivity index (χ2n) is 7.45. The van der Waals surface area contributed by atoms with Crippen molar-refractivity contribution < 1.29 is 29.1 Å². The summed E-state index contributed by atoms with van der Waals surface area (Å²) in [5.74, 6) is -3.19. The number of nitrogens with one attached hydrogen (secondary N) is 2. The van der Waals surface area contributed by atoms with Gasteiger partial charge in [-0.3, -0.25) is 24.5 Å². The number of carbonyl (C=O) groups is 5.